The summed E-state index contributed by atoms with van der Waals surface area (Å²) in [6.07, 6.45) is 0. The predicted molar refractivity (Wildman–Crippen MR) is 92.6 cm³/mol. The molecule has 0 bridgehead atoms. The van der Waals surface area contributed by atoms with Crippen molar-refractivity contribution < 1.29 is 14.1 Å². The van der Waals surface area contributed by atoms with Gasteiger partial charge < -0.3 is 9.84 Å². The molecule has 0 radical (unpaired) electrons. The summed E-state index contributed by atoms with van der Waals surface area (Å²) in [6, 6.07) is 4.66. The average Bonchev–Trinajstić information content (AvgIpc) is 3.19. The summed E-state index contributed by atoms with van der Waals surface area (Å²) < 4.78 is 5.40. The molecule has 8 nitrogen and oxygen atoms in total. The first-order chi connectivity index (χ1) is 12.5. The molecule has 2 amide bonds. The van der Waals surface area contributed by atoms with Gasteiger partial charge in [-0.1, -0.05) is 16.8 Å². The van der Waals surface area contributed by atoms with Gasteiger partial charge in [-0.05, 0) is 33.0 Å². The lowest BCUT2D eigenvalue weighted by Crippen LogP contribution is -2.44. The lowest BCUT2D eigenvalue weighted by atomic mass is 10.1. The number of aromatic nitrogens is 2. The first-order valence-corrected chi connectivity index (χ1v) is 8.70. The summed E-state index contributed by atoms with van der Waals surface area (Å²) in [5.41, 5.74) is 1.79. The maximum atomic E-state index is 12.7. The second kappa shape index (κ2) is 6.30. The minimum atomic E-state index is -0.620. The molecule has 136 valence electrons. The van der Waals surface area contributed by atoms with Gasteiger partial charge in [0.1, 0.15) is 6.04 Å². The molecule has 1 N–H and O–H groups in total. The summed E-state index contributed by atoms with van der Waals surface area (Å²) in [7, 11) is 2.01. The topological polar surface area (TPSA) is 91.6 Å². The molecule has 0 spiro atoms. The molecule has 1 aromatic carbocycles. The number of amides is 2. The Balaban J connectivity index is 1.60. The van der Waals surface area contributed by atoms with E-state index in [0.717, 1.165) is 25.2 Å². The first kappa shape index (κ1) is 16.9. The average molecular weight is 355 g/mol. The van der Waals surface area contributed by atoms with Crippen molar-refractivity contribution in [1.82, 2.24) is 25.3 Å². The van der Waals surface area contributed by atoms with Gasteiger partial charge in [0.2, 0.25) is 5.89 Å². The number of hydrogen-bond donors (Lipinski definition) is 1. The van der Waals surface area contributed by atoms with Gasteiger partial charge in [0, 0.05) is 19.6 Å². The highest BCUT2D eigenvalue weighted by atomic mass is 16.5. The smallest absolute Gasteiger partial charge is 0.262 e. The van der Waals surface area contributed by atoms with Crippen molar-refractivity contribution >= 4 is 11.8 Å². The van der Waals surface area contributed by atoms with Crippen LogP contribution in [0.3, 0.4) is 0 Å². The predicted octanol–water partition coefficient (Wildman–Crippen LogP) is 1.31. The number of aryl methyl sites for hydroxylation is 1. The van der Waals surface area contributed by atoms with Crippen molar-refractivity contribution in [2.24, 2.45) is 0 Å². The van der Waals surface area contributed by atoms with E-state index in [4.69, 9.17) is 4.52 Å². The second-order valence-corrected chi connectivity index (χ2v) is 6.90. The Bertz CT molecular complexity index is 877. The van der Waals surface area contributed by atoms with E-state index in [1.807, 2.05) is 20.0 Å². The fourth-order valence-electron chi connectivity index (χ4n) is 3.48. The van der Waals surface area contributed by atoms with E-state index < -0.39 is 6.04 Å². The number of carbonyl (C=O) groups is 2. The van der Waals surface area contributed by atoms with Crippen LogP contribution in [0.15, 0.2) is 22.7 Å². The number of benzene rings is 1. The molecule has 0 aliphatic carbocycles. The number of nitrogens with one attached hydrogen (secondary N) is 1. The molecule has 2 aromatic rings. The highest BCUT2D eigenvalue weighted by molar-refractivity contribution is 6.21. The SMILES string of the molecule is Cc1ccc2c(c1)C(=O)N(C(C)c1nc(C3CNCCN3C)no1)C2=O. The van der Waals surface area contributed by atoms with Gasteiger partial charge in [-0.3, -0.25) is 19.4 Å². The van der Waals surface area contributed by atoms with E-state index in [2.05, 4.69) is 20.4 Å². The second-order valence-electron chi connectivity index (χ2n) is 6.90. The summed E-state index contributed by atoms with van der Waals surface area (Å²) in [5.74, 6) is 0.185. The molecule has 1 aromatic heterocycles. The Kier molecular flexibility index (Phi) is 4.08. The molecular formula is C18H21N5O3. The summed E-state index contributed by atoms with van der Waals surface area (Å²) in [4.78, 5) is 33.2. The zero-order valence-corrected chi connectivity index (χ0v) is 15.0. The van der Waals surface area contributed by atoms with E-state index in [9.17, 15) is 9.59 Å². The lowest BCUT2D eigenvalue weighted by molar-refractivity contribution is 0.0568. The monoisotopic (exact) mass is 355 g/mol. The van der Waals surface area contributed by atoms with Crippen LogP contribution in [0.5, 0.6) is 0 Å². The number of fused-ring (bicyclic) bond motifs is 1. The van der Waals surface area contributed by atoms with Gasteiger partial charge in [-0.25, -0.2) is 0 Å². The highest BCUT2D eigenvalue weighted by Gasteiger charge is 2.41. The highest BCUT2D eigenvalue weighted by Crippen LogP contribution is 2.31. The van der Waals surface area contributed by atoms with Gasteiger partial charge in [0.05, 0.1) is 17.2 Å². The van der Waals surface area contributed by atoms with Crippen LogP contribution in [0, 0.1) is 6.92 Å². The van der Waals surface area contributed by atoms with Crippen LogP contribution in [0.2, 0.25) is 0 Å². The lowest BCUT2D eigenvalue weighted by Gasteiger charge is -2.30. The van der Waals surface area contributed by atoms with Gasteiger partial charge >= 0.3 is 0 Å². The fraction of sp³-hybridized carbons (Fsp3) is 0.444. The minimum absolute atomic E-state index is 0.0123. The number of imide groups is 1. The van der Waals surface area contributed by atoms with Crippen molar-refractivity contribution in [3.05, 3.63) is 46.6 Å². The molecule has 0 saturated carbocycles. The van der Waals surface area contributed by atoms with Crippen LogP contribution >= 0.6 is 0 Å². The van der Waals surface area contributed by atoms with E-state index in [1.54, 1.807) is 19.1 Å². The Morgan fingerprint density at radius 2 is 2.04 bits per heavy atom. The quantitative estimate of drug-likeness (QED) is 0.830. The number of piperazine rings is 1. The molecule has 1 saturated heterocycles. The Morgan fingerprint density at radius 1 is 1.27 bits per heavy atom. The molecule has 26 heavy (non-hydrogen) atoms. The number of hydrogen-bond acceptors (Lipinski definition) is 7. The number of rotatable bonds is 3. The van der Waals surface area contributed by atoms with Crippen molar-refractivity contribution in [3.8, 4) is 0 Å². The molecule has 4 rings (SSSR count). The number of likely N-dealkylation sites (N-methyl/N-ethyl adjacent to an activating group) is 1. The Hall–Kier alpha value is -2.58. The van der Waals surface area contributed by atoms with Crippen LogP contribution in [-0.2, 0) is 0 Å². The molecule has 1 fully saturated rings. The van der Waals surface area contributed by atoms with Crippen LogP contribution in [0.4, 0.5) is 0 Å². The maximum absolute atomic E-state index is 12.7. The van der Waals surface area contributed by atoms with Crippen molar-refractivity contribution in [3.63, 3.8) is 0 Å². The van der Waals surface area contributed by atoms with E-state index >= 15 is 0 Å². The Labute approximate surface area is 151 Å². The van der Waals surface area contributed by atoms with E-state index in [1.165, 1.54) is 4.90 Å². The van der Waals surface area contributed by atoms with Gasteiger partial charge in [0.25, 0.3) is 11.8 Å². The summed E-state index contributed by atoms with van der Waals surface area (Å²) >= 11 is 0. The van der Waals surface area contributed by atoms with E-state index in [-0.39, 0.29) is 23.7 Å². The van der Waals surface area contributed by atoms with Gasteiger partial charge in [-0.15, -0.1) is 0 Å². The third kappa shape index (κ3) is 2.62. The standard InChI is InChI=1S/C18H21N5O3/c1-10-4-5-12-13(8-10)18(25)23(17(12)24)11(2)16-20-15(21-26-16)14-9-19-6-7-22(14)3/h4-5,8,11,14,19H,6-7,9H2,1-3H3. The maximum Gasteiger partial charge on any atom is 0.262 e. The molecule has 2 atom stereocenters. The normalized spacial score (nSPS) is 22.0. The zero-order chi connectivity index (χ0) is 18.4. The summed E-state index contributed by atoms with van der Waals surface area (Å²) in [6.45, 7) is 6.17. The summed E-state index contributed by atoms with van der Waals surface area (Å²) in [5, 5.41) is 7.39. The Morgan fingerprint density at radius 3 is 2.81 bits per heavy atom. The van der Waals surface area contributed by atoms with Crippen molar-refractivity contribution in [2.75, 3.05) is 26.7 Å². The van der Waals surface area contributed by atoms with Crippen LogP contribution in [0.25, 0.3) is 0 Å². The van der Waals surface area contributed by atoms with Crippen LogP contribution in [-0.4, -0.2) is 58.4 Å². The number of nitrogens with zero attached hydrogens (tertiary/aromatic N) is 4. The van der Waals surface area contributed by atoms with Crippen LogP contribution < -0.4 is 5.32 Å². The third-order valence-corrected chi connectivity index (χ3v) is 5.08. The molecule has 2 aliphatic rings. The first-order valence-electron chi connectivity index (χ1n) is 8.70. The van der Waals surface area contributed by atoms with E-state index in [0.29, 0.717) is 17.0 Å². The van der Waals surface area contributed by atoms with Crippen LogP contribution in [0.1, 0.15) is 57.0 Å². The molecular weight excluding hydrogens is 334 g/mol. The minimum Gasteiger partial charge on any atom is -0.337 e. The van der Waals surface area contributed by atoms with Gasteiger partial charge in [-0.2, -0.15) is 4.98 Å². The number of carbonyl (C=O) groups excluding carboxylic acids is 2. The largest absolute Gasteiger partial charge is 0.337 e. The zero-order valence-electron chi connectivity index (χ0n) is 15.0. The van der Waals surface area contributed by atoms with Crippen molar-refractivity contribution in [2.45, 2.75) is 25.9 Å². The van der Waals surface area contributed by atoms with Gasteiger partial charge in [0.15, 0.2) is 5.82 Å². The molecule has 3 heterocycles. The molecule has 2 aliphatic heterocycles. The van der Waals surface area contributed by atoms with Crippen molar-refractivity contribution in [1.29, 1.82) is 0 Å². The fourth-order valence-corrected chi connectivity index (χ4v) is 3.48. The molecule has 2 unspecified atom stereocenters. The third-order valence-electron chi connectivity index (χ3n) is 5.08. The molecule has 8 heteroatoms.